The Morgan fingerprint density at radius 1 is 1.00 bits per heavy atom. The molecule has 0 fully saturated rings. The second-order valence-electron chi connectivity index (χ2n) is 5.25. The number of carbonyl (C=O) groups is 1. The van der Waals surface area contributed by atoms with Crippen molar-refractivity contribution in [2.45, 2.75) is 6.92 Å². The number of phenols is 1. The Kier molecular flexibility index (Phi) is 3.85. The van der Waals surface area contributed by atoms with Gasteiger partial charge in [-0.25, -0.2) is 9.18 Å². The lowest BCUT2D eigenvalue weighted by Gasteiger charge is -2.12. The molecule has 116 valence electrons. The van der Waals surface area contributed by atoms with Gasteiger partial charge in [-0.3, -0.25) is 0 Å². The van der Waals surface area contributed by atoms with Crippen molar-refractivity contribution in [3.8, 4) is 5.75 Å². The smallest absolute Gasteiger partial charge is 0.323 e. The summed E-state index contributed by atoms with van der Waals surface area (Å²) in [5.74, 6) is -0.223. The summed E-state index contributed by atoms with van der Waals surface area (Å²) >= 11 is 0. The molecule has 0 aliphatic rings. The normalized spacial score (nSPS) is 10.5. The molecule has 3 rings (SSSR count). The zero-order chi connectivity index (χ0) is 16.4. The van der Waals surface area contributed by atoms with E-state index in [0.717, 1.165) is 10.8 Å². The van der Waals surface area contributed by atoms with Crippen LogP contribution in [-0.4, -0.2) is 11.1 Å². The minimum absolute atomic E-state index is 0.126. The van der Waals surface area contributed by atoms with Crippen LogP contribution in [0.2, 0.25) is 0 Å². The quantitative estimate of drug-likeness (QED) is 0.646. The molecule has 5 heteroatoms. The number of halogens is 1. The molecule has 0 heterocycles. The van der Waals surface area contributed by atoms with Gasteiger partial charge in [0.05, 0.1) is 5.69 Å². The van der Waals surface area contributed by atoms with Crippen LogP contribution in [0.5, 0.6) is 5.75 Å². The van der Waals surface area contributed by atoms with Gasteiger partial charge in [0, 0.05) is 11.1 Å². The third-order valence-electron chi connectivity index (χ3n) is 3.55. The number of anilines is 2. The van der Waals surface area contributed by atoms with E-state index in [1.54, 1.807) is 31.2 Å². The topological polar surface area (TPSA) is 61.4 Å². The highest BCUT2D eigenvalue weighted by Crippen LogP contribution is 2.27. The molecular formula is C18H15FN2O2. The van der Waals surface area contributed by atoms with Gasteiger partial charge in [0.15, 0.2) is 0 Å². The van der Waals surface area contributed by atoms with Crippen molar-refractivity contribution >= 4 is 28.2 Å². The molecule has 0 radical (unpaired) electrons. The van der Waals surface area contributed by atoms with Gasteiger partial charge in [-0.05, 0) is 54.3 Å². The Bertz CT molecular complexity index is 893. The summed E-state index contributed by atoms with van der Waals surface area (Å²) in [5.41, 5.74) is 1.75. The van der Waals surface area contributed by atoms with Gasteiger partial charge in [-0.1, -0.05) is 18.2 Å². The van der Waals surface area contributed by atoms with Crippen LogP contribution in [0.25, 0.3) is 10.8 Å². The van der Waals surface area contributed by atoms with Gasteiger partial charge in [-0.15, -0.1) is 0 Å². The monoisotopic (exact) mass is 310 g/mol. The number of hydrogen-bond donors (Lipinski definition) is 3. The number of phenolic OH excluding ortho intramolecular Hbond substituents is 1. The highest BCUT2D eigenvalue weighted by Gasteiger charge is 2.08. The number of urea groups is 1. The van der Waals surface area contributed by atoms with Crippen molar-refractivity contribution in [3.05, 3.63) is 66.0 Å². The van der Waals surface area contributed by atoms with Crippen LogP contribution in [0, 0.1) is 12.7 Å². The molecule has 0 saturated heterocycles. The number of carbonyl (C=O) groups excluding carboxylic acids is 1. The van der Waals surface area contributed by atoms with E-state index >= 15 is 0 Å². The summed E-state index contributed by atoms with van der Waals surface area (Å²) in [6.45, 7) is 1.72. The molecule has 0 atom stereocenters. The molecule has 4 nitrogen and oxygen atoms in total. The molecule has 0 aliphatic heterocycles. The summed E-state index contributed by atoms with van der Waals surface area (Å²) in [4.78, 5) is 12.2. The Balaban J connectivity index is 1.84. The first-order valence-electron chi connectivity index (χ1n) is 7.09. The van der Waals surface area contributed by atoms with Crippen molar-refractivity contribution in [2.75, 3.05) is 10.6 Å². The lowest BCUT2D eigenvalue weighted by molar-refractivity contribution is 0.262. The molecule has 23 heavy (non-hydrogen) atoms. The molecule has 0 aliphatic carbocycles. The fraction of sp³-hybridized carbons (Fsp3) is 0.0556. The second kappa shape index (κ2) is 5.96. The lowest BCUT2D eigenvalue weighted by Crippen LogP contribution is -2.20. The van der Waals surface area contributed by atoms with Crippen LogP contribution in [0.1, 0.15) is 5.56 Å². The van der Waals surface area contributed by atoms with Gasteiger partial charge in [-0.2, -0.15) is 0 Å². The van der Waals surface area contributed by atoms with E-state index in [1.807, 2.05) is 12.1 Å². The van der Waals surface area contributed by atoms with Crippen molar-refractivity contribution < 1.29 is 14.3 Å². The van der Waals surface area contributed by atoms with Crippen molar-refractivity contribution in [2.24, 2.45) is 0 Å². The van der Waals surface area contributed by atoms with Crippen LogP contribution >= 0.6 is 0 Å². The van der Waals surface area contributed by atoms with Crippen LogP contribution in [-0.2, 0) is 0 Å². The number of hydrogen-bond acceptors (Lipinski definition) is 2. The Morgan fingerprint density at radius 3 is 2.57 bits per heavy atom. The van der Waals surface area contributed by atoms with Crippen LogP contribution in [0.4, 0.5) is 20.6 Å². The first-order chi connectivity index (χ1) is 11.0. The average Bonchev–Trinajstić information content (AvgIpc) is 2.51. The molecular weight excluding hydrogens is 295 g/mol. The molecule has 0 unspecified atom stereocenters. The Hall–Kier alpha value is -3.08. The molecule has 0 spiro atoms. The van der Waals surface area contributed by atoms with Gasteiger partial charge in [0.2, 0.25) is 0 Å². The van der Waals surface area contributed by atoms with Crippen LogP contribution < -0.4 is 10.6 Å². The van der Waals surface area contributed by atoms with Gasteiger partial charge in [0.25, 0.3) is 0 Å². The zero-order valence-electron chi connectivity index (χ0n) is 12.4. The average molecular weight is 310 g/mol. The van der Waals surface area contributed by atoms with E-state index in [0.29, 0.717) is 16.9 Å². The van der Waals surface area contributed by atoms with Gasteiger partial charge in [0.1, 0.15) is 11.6 Å². The Morgan fingerprint density at radius 2 is 1.78 bits per heavy atom. The van der Waals surface area contributed by atoms with Crippen LogP contribution in [0.15, 0.2) is 54.6 Å². The lowest BCUT2D eigenvalue weighted by atomic mass is 10.1. The fourth-order valence-corrected chi connectivity index (χ4v) is 2.41. The van der Waals surface area contributed by atoms with Crippen LogP contribution in [0.3, 0.4) is 0 Å². The summed E-state index contributed by atoms with van der Waals surface area (Å²) in [7, 11) is 0. The predicted molar refractivity (Wildman–Crippen MR) is 89.4 cm³/mol. The zero-order valence-corrected chi connectivity index (χ0v) is 12.4. The number of nitrogens with one attached hydrogen (secondary N) is 2. The molecule has 3 aromatic carbocycles. The predicted octanol–water partition coefficient (Wildman–Crippen LogP) is 4.64. The third kappa shape index (κ3) is 3.23. The molecule has 2 amide bonds. The molecule has 0 bridgehead atoms. The highest BCUT2D eigenvalue weighted by atomic mass is 19.1. The van der Waals surface area contributed by atoms with E-state index in [2.05, 4.69) is 10.6 Å². The van der Waals surface area contributed by atoms with E-state index in [9.17, 15) is 14.3 Å². The minimum atomic E-state index is -0.435. The van der Waals surface area contributed by atoms with E-state index in [1.165, 1.54) is 18.2 Å². The summed E-state index contributed by atoms with van der Waals surface area (Å²) in [6.07, 6.45) is 0. The number of rotatable bonds is 2. The molecule has 3 aromatic rings. The first-order valence-corrected chi connectivity index (χ1v) is 7.09. The maximum atomic E-state index is 13.1. The number of benzene rings is 3. The maximum absolute atomic E-state index is 13.1. The second-order valence-corrected chi connectivity index (χ2v) is 5.25. The number of amides is 2. The standard InChI is InChI=1S/C18H15FN2O2/c1-11-9-13(19)6-8-16(11)20-18(23)21-17-4-2-3-12-5-7-14(22)10-15(12)17/h2-10,22H,1H3,(H2,20,21,23). The third-order valence-corrected chi connectivity index (χ3v) is 3.55. The number of aromatic hydroxyl groups is 1. The number of fused-ring (bicyclic) bond motifs is 1. The fourth-order valence-electron chi connectivity index (χ4n) is 2.41. The molecule has 0 aromatic heterocycles. The van der Waals surface area contributed by atoms with E-state index < -0.39 is 6.03 Å². The van der Waals surface area contributed by atoms with Gasteiger partial charge >= 0.3 is 6.03 Å². The SMILES string of the molecule is Cc1cc(F)ccc1NC(=O)Nc1cccc2ccc(O)cc12. The highest BCUT2D eigenvalue weighted by molar-refractivity contribution is 6.06. The maximum Gasteiger partial charge on any atom is 0.323 e. The largest absolute Gasteiger partial charge is 0.508 e. The molecule has 0 saturated carbocycles. The van der Waals surface area contributed by atoms with E-state index in [-0.39, 0.29) is 11.6 Å². The Labute approximate surface area is 132 Å². The van der Waals surface area contributed by atoms with Crippen molar-refractivity contribution in [1.82, 2.24) is 0 Å². The molecule has 3 N–H and O–H groups in total. The summed E-state index contributed by atoms with van der Waals surface area (Å²) < 4.78 is 13.1. The minimum Gasteiger partial charge on any atom is -0.508 e. The van der Waals surface area contributed by atoms with E-state index in [4.69, 9.17) is 0 Å². The summed E-state index contributed by atoms with van der Waals surface area (Å²) in [6, 6.07) is 14.1. The van der Waals surface area contributed by atoms with Gasteiger partial charge < -0.3 is 15.7 Å². The van der Waals surface area contributed by atoms with Crippen molar-refractivity contribution in [3.63, 3.8) is 0 Å². The van der Waals surface area contributed by atoms with Crippen molar-refractivity contribution in [1.29, 1.82) is 0 Å². The number of aryl methyl sites for hydroxylation is 1. The summed E-state index contributed by atoms with van der Waals surface area (Å²) in [5, 5.41) is 16.7. The first kappa shape index (κ1) is 14.8.